The number of furan rings is 1. The molecule has 2 aromatic heterocycles. The van der Waals surface area contributed by atoms with Crippen LogP contribution in [0, 0.1) is 0 Å². The quantitative estimate of drug-likeness (QED) is 0.729. The van der Waals surface area contributed by atoms with Crippen LogP contribution < -0.4 is 10.0 Å². The van der Waals surface area contributed by atoms with Crippen LogP contribution in [0.3, 0.4) is 0 Å². The summed E-state index contributed by atoms with van der Waals surface area (Å²) >= 11 is 0. The fraction of sp³-hybridized carbons (Fsp3) is 0.429. The molecular formula is C14H19N3O3S. The summed E-state index contributed by atoms with van der Waals surface area (Å²) in [7, 11) is -3.56. The summed E-state index contributed by atoms with van der Waals surface area (Å²) in [4.78, 5) is 3.24. The van der Waals surface area contributed by atoms with Gasteiger partial charge in [0.1, 0.15) is 5.76 Å². The summed E-state index contributed by atoms with van der Waals surface area (Å²) in [5.74, 6) is 0.588. The Morgan fingerprint density at radius 3 is 2.95 bits per heavy atom. The average molecular weight is 309 g/mol. The number of hydrogen-bond acceptors (Lipinski definition) is 4. The normalized spacial score (nSPS) is 17.0. The molecule has 1 atom stereocenters. The molecule has 0 bridgehead atoms. The molecule has 1 aliphatic carbocycles. The van der Waals surface area contributed by atoms with E-state index in [9.17, 15) is 8.42 Å². The Kier molecular flexibility index (Phi) is 3.88. The van der Waals surface area contributed by atoms with Crippen LogP contribution in [0.2, 0.25) is 0 Å². The van der Waals surface area contributed by atoms with Crippen molar-refractivity contribution in [1.82, 2.24) is 15.0 Å². The Hall–Kier alpha value is -1.57. The van der Waals surface area contributed by atoms with Crippen molar-refractivity contribution < 1.29 is 12.8 Å². The van der Waals surface area contributed by atoms with Crippen molar-refractivity contribution in [2.45, 2.75) is 43.3 Å². The molecule has 21 heavy (non-hydrogen) atoms. The number of sulfonamides is 1. The van der Waals surface area contributed by atoms with Gasteiger partial charge in [-0.2, -0.15) is 0 Å². The van der Waals surface area contributed by atoms with E-state index < -0.39 is 16.1 Å². The highest BCUT2D eigenvalue weighted by Gasteiger charge is 2.23. The van der Waals surface area contributed by atoms with Crippen LogP contribution in [0.1, 0.15) is 37.3 Å². The van der Waals surface area contributed by atoms with Crippen LogP contribution >= 0.6 is 0 Å². The first-order valence-corrected chi connectivity index (χ1v) is 8.49. The first-order valence-electron chi connectivity index (χ1n) is 7.01. The van der Waals surface area contributed by atoms with Crippen LogP contribution in [0.15, 0.2) is 40.0 Å². The van der Waals surface area contributed by atoms with Crippen LogP contribution in [-0.2, 0) is 16.6 Å². The Morgan fingerprint density at radius 1 is 1.48 bits per heavy atom. The van der Waals surface area contributed by atoms with E-state index in [4.69, 9.17) is 4.42 Å². The SMILES string of the molecule is CC(NS(=O)(=O)c1c[nH]c(CNC2CC2)c1)c1ccco1. The molecule has 2 aromatic rings. The maximum Gasteiger partial charge on any atom is 0.242 e. The van der Waals surface area contributed by atoms with Gasteiger partial charge in [-0.25, -0.2) is 13.1 Å². The number of nitrogens with one attached hydrogen (secondary N) is 3. The highest BCUT2D eigenvalue weighted by molar-refractivity contribution is 7.89. The predicted octanol–water partition coefficient (Wildman–Crippen LogP) is 1.90. The summed E-state index contributed by atoms with van der Waals surface area (Å²) in [5.41, 5.74) is 0.868. The van der Waals surface area contributed by atoms with Crippen molar-refractivity contribution in [3.63, 3.8) is 0 Å². The van der Waals surface area contributed by atoms with Gasteiger partial charge in [0.2, 0.25) is 10.0 Å². The first kappa shape index (κ1) is 14.4. The lowest BCUT2D eigenvalue weighted by molar-refractivity contribution is 0.459. The second-order valence-electron chi connectivity index (χ2n) is 5.37. The lowest BCUT2D eigenvalue weighted by Gasteiger charge is -2.10. The average Bonchev–Trinajstić information content (AvgIpc) is 2.96. The lowest BCUT2D eigenvalue weighted by Crippen LogP contribution is -2.26. The molecule has 0 radical (unpaired) electrons. The van der Waals surface area contributed by atoms with Crippen molar-refractivity contribution in [3.05, 3.63) is 42.1 Å². The molecule has 1 aliphatic rings. The van der Waals surface area contributed by atoms with Gasteiger partial charge in [-0.1, -0.05) is 0 Å². The van der Waals surface area contributed by atoms with E-state index in [0.717, 1.165) is 5.69 Å². The maximum atomic E-state index is 12.3. The van der Waals surface area contributed by atoms with E-state index in [-0.39, 0.29) is 4.90 Å². The number of aromatic amines is 1. The van der Waals surface area contributed by atoms with E-state index >= 15 is 0 Å². The van der Waals surface area contributed by atoms with E-state index in [0.29, 0.717) is 18.3 Å². The Labute approximate surface area is 124 Å². The molecule has 6 nitrogen and oxygen atoms in total. The standard InChI is InChI=1S/C14H19N3O3S/c1-10(14-3-2-6-20-14)17-21(18,19)13-7-12(16-9-13)8-15-11-4-5-11/h2-3,6-7,9-11,15-17H,4-5,8H2,1H3. The van der Waals surface area contributed by atoms with Crippen LogP contribution in [0.5, 0.6) is 0 Å². The monoisotopic (exact) mass is 309 g/mol. The van der Waals surface area contributed by atoms with E-state index in [1.54, 1.807) is 25.1 Å². The highest BCUT2D eigenvalue weighted by Crippen LogP contribution is 2.20. The molecule has 0 aliphatic heterocycles. The second kappa shape index (κ2) is 5.67. The van der Waals surface area contributed by atoms with Gasteiger partial charge in [0.25, 0.3) is 0 Å². The Bertz CT molecular complexity index is 687. The highest BCUT2D eigenvalue weighted by atomic mass is 32.2. The zero-order valence-corrected chi connectivity index (χ0v) is 12.6. The predicted molar refractivity (Wildman–Crippen MR) is 78.1 cm³/mol. The third kappa shape index (κ3) is 3.55. The summed E-state index contributed by atoms with van der Waals surface area (Å²) < 4.78 is 32.4. The molecule has 1 fully saturated rings. The minimum Gasteiger partial charge on any atom is -0.468 e. The first-order chi connectivity index (χ1) is 10.0. The molecule has 3 N–H and O–H groups in total. The number of rotatable bonds is 7. The van der Waals surface area contributed by atoms with Crippen molar-refractivity contribution in [2.75, 3.05) is 0 Å². The minimum absolute atomic E-state index is 0.244. The molecule has 0 aromatic carbocycles. The number of H-pyrrole nitrogens is 1. The molecule has 1 unspecified atom stereocenters. The fourth-order valence-corrected chi connectivity index (χ4v) is 3.34. The van der Waals surface area contributed by atoms with Gasteiger partial charge in [0.05, 0.1) is 17.2 Å². The van der Waals surface area contributed by atoms with Crippen molar-refractivity contribution in [1.29, 1.82) is 0 Å². The molecule has 3 rings (SSSR count). The van der Waals surface area contributed by atoms with E-state index in [1.807, 2.05) is 0 Å². The molecule has 7 heteroatoms. The maximum absolute atomic E-state index is 12.3. The number of aromatic nitrogens is 1. The zero-order valence-electron chi connectivity index (χ0n) is 11.8. The van der Waals surface area contributed by atoms with Gasteiger partial charge in [-0.3, -0.25) is 0 Å². The van der Waals surface area contributed by atoms with Crippen molar-refractivity contribution in [2.24, 2.45) is 0 Å². The molecule has 0 saturated heterocycles. The summed E-state index contributed by atoms with van der Waals surface area (Å²) in [6, 6.07) is 5.32. The molecule has 114 valence electrons. The summed E-state index contributed by atoms with van der Waals surface area (Å²) in [6.07, 6.45) is 5.45. The Balaban J connectivity index is 1.66. The minimum atomic E-state index is -3.56. The second-order valence-corrected chi connectivity index (χ2v) is 7.09. The molecular weight excluding hydrogens is 290 g/mol. The van der Waals surface area contributed by atoms with Gasteiger partial charge in [0.15, 0.2) is 0 Å². The van der Waals surface area contributed by atoms with Crippen LogP contribution in [-0.4, -0.2) is 19.4 Å². The van der Waals surface area contributed by atoms with Gasteiger partial charge < -0.3 is 14.7 Å². The van der Waals surface area contributed by atoms with Gasteiger partial charge in [-0.15, -0.1) is 0 Å². The van der Waals surface area contributed by atoms with Gasteiger partial charge >= 0.3 is 0 Å². The van der Waals surface area contributed by atoms with Crippen LogP contribution in [0.4, 0.5) is 0 Å². The smallest absolute Gasteiger partial charge is 0.242 e. The third-order valence-corrected chi connectivity index (χ3v) is 5.01. The lowest BCUT2D eigenvalue weighted by atomic mass is 10.3. The van der Waals surface area contributed by atoms with Crippen molar-refractivity contribution >= 4 is 10.0 Å². The Morgan fingerprint density at radius 2 is 2.29 bits per heavy atom. The molecule has 0 spiro atoms. The topological polar surface area (TPSA) is 87.1 Å². The van der Waals surface area contributed by atoms with Crippen LogP contribution in [0.25, 0.3) is 0 Å². The van der Waals surface area contributed by atoms with Gasteiger partial charge in [0, 0.05) is 24.5 Å². The van der Waals surface area contributed by atoms with Gasteiger partial charge in [-0.05, 0) is 38.0 Å². The summed E-state index contributed by atoms with van der Waals surface area (Å²) in [5, 5.41) is 3.34. The molecule has 2 heterocycles. The molecule has 1 saturated carbocycles. The summed E-state index contributed by atoms with van der Waals surface area (Å²) in [6.45, 7) is 2.41. The van der Waals surface area contributed by atoms with Crippen molar-refractivity contribution in [3.8, 4) is 0 Å². The third-order valence-electron chi connectivity index (χ3n) is 3.49. The van der Waals surface area contributed by atoms with E-state index in [2.05, 4.69) is 15.0 Å². The largest absolute Gasteiger partial charge is 0.468 e. The zero-order chi connectivity index (χ0) is 14.9. The fourth-order valence-electron chi connectivity index (χ4n) is 2.11. The number of hydrogen-bond donors (Lipinski definition) is 3. The van der Waals surface area contributed by atoms with E-state index in [1.165, 1.54) is 25.3 Å². The molecule has 0 amide bonds.